The molecular weight excluding hydrogens is 242 g/mol. The van der Waals surface area contributed by atoms with Gasteiger partial charge >= 0.3 is 0 Å². The Morgan fingerprint density at radius 3 is 2.26 bits per heavy atom. The van der Waals surface area contributed by atoms with Gasteiger partial charge in [0.15, 0.2) is 0 Å². The van der Waals surface area contributed by atoms with Gasteiger partial charge in [0, 0.05) is 24.3 Å². The van der Waals surface area contributed by atoms with E-state index in [1.807, 2.05) is 13.8 Å². The summed E-state index contributed by atoms with van der Waals surface area (Å²) >= 11 is 0. The minimum absolute atomic E-state index is 0.142. The van der Waals surface area contributed by atoms with Crippen LogP contribution in [0.25, 0.3) is 0 Å². The Balaban J connectivity index is 2.62. The van der Waals surface area contributed by atoms with E-state index in [4.69, 9.17) is 0 Å². The van der Waals surface area contributed by atoms with Gasteiger partial charge < -0.3 is 15.2 Å². The van der Waals surface area contributed by atoms with Crippen LogP contribution in [0.5, 0.6) is 0 Å². The minimum atomic E-state index is -1.11. The van der Waals surface area contributed by atoms with E-state index in [1.165, 1.54) is 0 Å². The number of rotatable bonds is 6. The maximum Gasteiger partial charge on any atom is 0.224 e. The van der Waals surface area contributed by atoms with Crippen LogP contribution in [-0.4, -0.2) is 18.4 Å². The van der Waals surface area contributed by atoms with Crippen molar-refractivity contribution in [2.75, 3.05) is 6.54 Å². The highest BCUT2D eigenvalue weighted by atomic mass is 16.4. The molecule has 0 bridgehead atoms. The van der Waals surface area contributed by atoms with Crippen molar-refractivity contribution in [3.63, 3.8) is 0 Å². The molecule has 4 heteroatoms. The molecule has 0 unspecified atom stereocenters. The lowest BCUT2D eigenvalue weighted by Crippen LogP contribution is -2.45. The summed E-state index contributed by atoms with van der Waals surface area (Å²) < 4.78 is 0. The number of unbranched alkanes of at least 4 members (excludes halogenated alkanes) is 2. The summed E-state index contributed by atoms with van der Waals surface area (Å²) in [5, 5.41) is 14.0. The fourth-order valence-electron chi connectivity index (χ4n) is 2.53. The molecule has 1 rings (SSSR count). The van der Waals surface area contributed by atoms with Crippen molar-refractivity contribution in [3.8, 4) is 0 Å². The normalized spacial score (nSPS) is 23.3. The van der Waals surface area contributed by atoms with Crippen molar-refractivity contribution in [2.24, 2.45) is 11.8 Å². The Morgan fingerprint density at radius 1 is 1.16 bits per heavy atom. The number of carboxylic acid groups (broad SMARTS) is 1. The third-order valence-electron chi connectivity index (χ3n) is 3.99. The van der Waals surface area contributed by atoms with Gasteiger partial charge in [0.2, 0.25) is 5.91 Å². The van der Waals surface area contributed by atoms with E-state index in [0.717, 1.165) is 30.4 Å². The van der Waals surface area contributed by atoms with Crippen LogP contribution >= 0.6 is 0 Å². The number of hydrogen-bond donors (Lipinski definition) is 1. The number of carbonyl (C=O) groups excluding carboxylic acids is 2. The number of allylic oxidation sites excluding steroid dienone is 2. The summed E-state index contributed by atoms with van der Waals surface area (Å²) in [4.78, 5) is 23.3. The maximum atomic E-state index is 12.1. The van der Waals surface area contributed by atoms with Crippen LogP contribution < -0.4 is 10.4 Å². The second kappa shape index (κ2) is 7.31. The lowest BCUT2D eigenvalue weighted by Gasteiger charge is -2.32. The number of carbonyl (C=O) groups is 2. The lowest BCUT2D eigenvalue weighted by molar-refractivity contribution is -0.313. The average Bonchev–Trinajstić information content (AvgIpc) is 2.36. The first-order valence-corrected chi connectivity index (χ1v) is 7.11. The molecular formula is C15H24NO3-. The minimum Gasteiger partial charge on any atom is -0.550 e. The molecule has 19 heavy (non-hydrogen) atoms. The zero-order valence-corrected chi connectivity index (χ0v) is 12.1. The summed E-state index contributed by atoms with van der Waals surface area (Å²) in [5.41, 5.74) is 2.20. The molecule has 4 nitrogen and oxygen atoms in total. The Labute approximate surface area is 115 Å². The zero-order valence-electron chi connectivity index (χ0n) is 12.1. The van der Waals surface area contributed by atoms with E-state index >= 15 is 0 Å². The number of hydrogen-bond acceptors (Lipinski definition) is 3. The number of carboxylic acids is 1. The maximum absolute atomic E-state index is 12.1. The molecule has 0 radical (unpaired) electrons. The second-order valence-electron chi connectivity index (χ2n) is 5.50. The summed E-state index contributed by atoms with van der Waals surface area (Å²) in [5.74, 6) is -2.41. The van der Waals surface area contributed by atoms with Crippen molar-refractivity contribution in [2.45, 2.75) is 52.9 Å². The molecule has 2 atom stereocenters. The Kier molecular flexibility index (Phi) is 6.06. The van der Waals surface area contributed by atoms with Gasteiger partial charge in [-0.25, -0.2) is 0 Å². The Bertz CT molecular complexity index is 374. The number of nitrogens with one attached hydrogen (secondary N) is 1. The van der Waals surface area contributed by atoms with Gasteiger partial charge in [-0.2, -0.15) is 0 Å². The van der Waals surface area contributed by atoms with E-state index in [9.17, 15) is 14.7 Å². The van der Waals surface area contributed by atoms with Gasteiger partial charge in [-0.15, -0.1) is 0 Å². The summed E-state index contributed by atoms with van der Waals surface area (Å²) in [6.07, 6.45) is 4.08. The molecule has 1 N–H and O–H groups in total. The van der Waals surface area contributed by atoms with Crippen LogP contribution in [-0.2, 0) is 9.59 Å². The second-order valence-corrected chi connectivity index (χ2v) is 5.50. The van der Waals surface area contributed by atoms with Gasteiger partial charge in [-0.3, -0.25) is 4.79 Å². The monoisotopic (exact) mass is 266 g/mol. The third kappa shape index (κ3) is 4.37. The Morgan fingerprint density at radius 2 is 1.74 bits per heavy atom. The quantitative estimate of drug-likeness (QED) is 0.583. The molecule has 0 saturated carbocycles. The molecule has 0 spiro atoms. The highest BCUT2D eigenvalue weighted by Crippen LogP contribution is 2.33. The first-order chi connectivity index (χ1) is 8.97. The average molecular weight is 266 g/mol. The largest absolute Gasteiger partial charge is 0.550 e. The first-order valence-electron chi connectivity index (χ1n) is 7.11. The number of aliphatic carboxylic acids is 1. The smallest absolute Gasteiger partial charge is 0.224 e. The van der Waals surface area contributed by atoms with Crippen LogP contribution in [0.3, 0.4) is 0 Å². The molecule has 0 aromatic rings. The molecule has 1 amide bonds. The van der Waals surface area contributed by atoms with Crippen molar-refractivity contribution in [3.05, 3.63) is 11.1 Å². The van der Waals surface area contributed by atoms with Crippen LogP contribution in [0.15, 0.2) is 11.1 Å². The van der Waals surface area contributed by atoms with E-state index in [0.29, 0.717) is 19.4 Å². The molecule has 0 fully saturated rings. The van der Waals surface area contributed by atoms with E-state index in [-0.39, 0.29) is 5.91 Å². The molecule has 0 aromatic heterocycles. The lowest BCUT2D eigenvalue weighted by atomic mass is 9.76. The van der Waals surface area contributed by atoms with Gasteiger partial charge in [-0.05, 0) is 33.1 Å². The SMILES string of the molecule is CCCCCNC(=O)[C@@H]1CC(C)=C(C)C[C@H]1C(=O)[O-]. The van der Waals surface area contributed by atoms with Crippen LogP contribution in [0.4, 0.5) is 0 Å². The Hall–Kier alpha value is -1.32. The van der Waals surface area contributed by atoms with Crippen molar-refractivity contribution >= 4 is 11.9 Å². The molecule has 108 valence electrons. The van der Waals surface area contributed by atoms with E-state index < -0.39 is 17.8 Å². The van der Waals surface area contributed by atoms with E-state index in [1.54, 1.807) is 0 Å². The highest BCUT2D eigenvalue weighted by molar-refractivity contribution is 5.85. The third-order valence-corrected chi connectivity index (χ3v) is 3.99. The summed E-state index contributed by atoms with van der Waals surface area (Å²) in [6.45, 7) is 6.63. The number of amides is 1. The zero-order chi connectivity index (χ0) is 14.4. The van der Waals surface area contributed by atoms with E-state index in [2.05, 4.69) is 12.2 Å². The van der Waals surface area contributed by atoms with Crippen LogP contribution in [0, 0.1) is 11.8 Å². The standard InChI is InChI=1S/C15H25NO3/c1-4-5-6-7-16-14(17)12-8-10(2)11(3)9-13(12)15(18)19/h12-13H,4-9H2,1-3H3,(H,16,17)(H,18,19)/p-1/t12-,13-/m1/s1. The van der Waals surface area contributed by atoms with Gasteiger partial charge in [-0.1, -0.05) is 30.9 Å². The topological polar surface area (TPSA) is 69.2 Å². The fraction of sp³-hybridized carbons (Fsp3) is 0.733. The summed E-state index contributed by atoms with van der Waals surface area (Å²) in [6, 6.07) is 0. The summed E-state index contributed by atoms with van der Waals surface area (Å²) in [7, 11) is 0. The predicted octanol–water partition coefficient (Wildman–Crippen LogP) is 1.41. The molecule has 1 aliphatic carbocycles. The fourth-order valence-corrected chi connectivity index (χ4v) is 2.53. The van der Waals surface area contributed by atoms with Crippen molar-refractivity contribution < 1.29 is 14.7 Å². The molecule has 0 heterocycles. The van der Waals surface area contributed by atoms with Crippen LogP contribution in [0.2, 0.25) is 0 Å². The van der Waals surface area contributed by atoms with Crippen LogP contribution in [0.1, 0.15) is 52.9 Å². The molecule has 1 aliphatic rings. The van der Waals surface area contributed by atoms with Gasteiger partial charge in [0.25, 0.3) is 0 Å². The van der Waals surface area contributed by atoms with Crippen molar-refractivity contribution in [1.29, 1.82) is 0 Å². The first kappa shape index (κ1) is 15.7. The highest BCUT2D eigenvalue weighted by Gasteiger charge is 2.33. The predicted molar refractivity (Wildman–Crippen MR) is 72.1 cm³/mol. The molecule has 0 saturated heterocycles. The van der Waals surface area contributed by atoms with Crippen molar-refractivity contribution in [1.82, 2.24) is 5.32 Å². The molecule has 0 aliphatic heterocycles. The molecule has 0 aromatic carbocycles. The van der Waals surface area contributed by atoms with Gasteiger partial charge in [0.05, 0.1) is 0 Å². The van der Waals surface area contributed by atoms with Gasteiger partial charge in [0.1, 0.15) is 0 Å².